The Morgan fingerprint density at radius 1 is 0.366 bits per heavy atom. The molecule has 0 atom stereocenters. The normalized spacial score (nSPS) is 11.5. The zero-order chi connectivity index (χ0) is 29.7. The van der Waals surface area contributed by atoms with Crippen LogP contribution in [0.3, 0.4) is 0 Å². The van der Waals surface area contributed by atoms with Crippen LogP contribution in [0.5, 0.6) is 0 Å². The van der Waals surface area contributed by atoms with Crippen molar-refractivity contribution in [2.75, 3.05) is 89.2 Å². The van der Waals surface area contributed by atoms with Gasteiger partial charge in [-0.15, -0.1) is 81.2 Å². The molecule has 3 aromatic rings. The highest BCUT2D eigenvalue weighted by Gasteiger charge is 2.34. The number of halogens is 7. The van der Waals surface area contributed by atoms with E-state index in [4.69, 9.17) is 81.2 Å². The van der Waals surface area contributed by atoms with E-state index in [0.29, 0.717) is 74.5 Å². The second-order valence-electron chi connectivity index (χ2n) is 9.39. The maximum absolute atomic E-state index is 7.71. The zero-order valence-corrected chi connectivity index (χ0v) is 28.2. The van der Waals surface area contributed by atoms with E-state index in [9.17, 15) is 0 Å². The number of benzene rings is 3. The van der Waals surface area contributed by atoms with E-state index in [1.54, 1.807) is 0 Å². The lowest BCUT2D eigenvalue weighted by atomic mass is 9.83. The number of hydrogen-bond donors (Lipinski definition) is 0. The minimum Gasteiger partial charge on any atom is -0.369 e. The van der Waals surface area contributed by atoms with Crippen LogP contribution in [-0.2, 0) is 4.87 Å². The van der Waals surface area contributed by atoms with Crippen LogP contribution in [0.15, 0.2) is 72.8 Å². The second-order valence-corrected chi connectivity index (χ2v) is 12.2. The summed E-state index contributed by atoms with van der Waals surface area (Å²) in [6, 6.07) is 25.0. The predicted octanol–water partition coefficient (Wildman–Crippen LogP) is 9.07. The van der Waals surface area contributed by atoms with Crippen LogP contribution in [0.25, 0.3) is 0 Å². The topological polar surface area (TPSA) is 9.72 Å². The molecule has 0 N–H and O–H groups in total. The third-order valence-corrected chi connectivity index (χ3v) is 8.69. The summed E-state index contributed by atoms with van der Waals surface area (Å²) < 4.78 is 0. The van der Waals surface area contributed by atoms with E-state index in [-0.39, 0.29) is 0 Å². The molecule has 0 aliphatic heterocycles. The molecule has 3 rings (SSSR count). The van der Waals surface area contributed by atoms with Crippen molar-refractivity contribution in [3.63, 3.8) is 0 Å². The molecule has 0 bridgehead atoms. The molecule has 0 aromatic heterocycles. The van der Waals surface area contributed by atoms with E-state index in [1.807, 2.05) is 0 Å². The van der Waals surface area contributed by atoms with Crippen LogP contribution < -0.4 is 14.7 Å². The predicted molar refractivity (Wildman–Crippen MR) is 186 cm³/mol. The quantitative estimate of drug-likeness (QED) is 0.0970. The van der Waals surface area contributed by atoms with Gasteiger partial charge < -0.3 is 14.7 Å². The first kappa shape index (κ1) is 34.6. The first-order valence-electron chi connectivity index (χ1n) is 13.6. The average molecular weight is 699 g/mol. The zero-order valence-electron chi connectivity index (χ0n) is 22.9. The summed E-state index contributed by atoms with van der Waals surface area (Å²) in [5.41, 5.74) is 6.02. The molecule has 0 saturated carbocycles. The van der Waals surface area contributed by atoms with Crippen LogP contribution in [-0.4, -0.2) is 74.5 Å². The Morgan fingerprint density at radius 3 is 0.732 bits per heavy atom. The fraction of sp³-hybridized carbons (Fsp3) is 0.419. The molecule has 10 heteroatoms. The average Bonchev–Trinajstić information content (AvgIpc) is 3.01. The lowest BCUT2D eigenvalue weighted by Gasteiger charge is -2.32. The Bertz CT molecular complexity index is 982. The van der Waals surface area contributed by atoms with Crippen LogP contribution in [0.1, 0.15) is 16.7 Å². The van der Waals surface area contributed by atoms with Gasteiger partial charge in [0.25, 0.3) is 0 Å². The SMILES string of the molecule is ClCCN(CCCl)c1ccc(C(Cl)(c2ccc(N(CCCl)CCCl)cc2)c2ccc(N(CCCl)CCCl)cc2)cc1. The van der Waals surface area contributed by atoms with Crippen LogP contribution in [0, 0.1) is 0 Å². The Morgan fingerprint density at radius 2 is 0.561 bits per heavy atom. The number of hydrogen-bond acceptors (Lipinski definition) is 3. The van der Waals surface area contributed by atoms with Crippen molar-refractivity contribution in [3.05, 3.63) is 89.5 Å². The van der Waals surface area contributed by atoms with Gasteiger partial charge in [-0.3, -0.25) is 0 Å². The van der Waals surface area contributed by atoms with E-state index >= 15 is 0 Å². The highest BCUT2D eigenvalue weighted by Crippen LogP contribution is 2.44. The van der Waals surface area contributed by atoms with E-state index in [1.165, 1.54) is 0 Å². The summed E-state index contributed by atoms with van der Waals surface area (Å²) in [6.07, 6.45) is 0. The molecule has 3 nitrogen and oxygen atoms in total. The first-order chi connectivity index (χ1) is 20.0. The molecule has 41 heavy (non-hydrogen) atoms. The number of rotatable bonds is 18. The van der Waals surface area contributed by atoms with Gasteiger partial charge in [0.15, 0.2) is 0 Å². The summed E-state index contributed by atoms with van der Waals surface area (Å²) in [5, 5.41) is 0. The highest BCUT2D eigenvalue weighted by atomic mass is 35.5. The van der Waals surface area contributed by atoms with Crippen LogP contribution >= 0.6 is 81.2 Å². The Kier molecular flexibility index (Phi) is 15.2. The molecule has 0 aliphatic rings. The second kappa shape index (κ2) is 18.0. The van der Waals surface area contributed by atoms with E-state index < -0.39 is 4.87 Å². The smallest absolute Gasteiger partial charge is 0.119 e. The summed E-state index contributed by atoms with van der Waals surface area (Å²) in [7, 11) is 0. The minimum absolute atomic E-state index is 0.520. The molecule has 0 radical (unpaired) electrons. The van der Waals surface area contributed by atoms with Crippen molar-refractivity contribution < 1.29 is 0 Å². The summed E-state index contributed by atoms with van der Waals surface area (Å²) in [4.78, 5) is 5.59. The van der Waals surface area contributed by atoms with Crippen molar-refractivity contribution in [2.24, 2.45) is 0 Å². The van der Waals surface area contributed by atoms with Gasteiger partial charge in [-0.2, -0.15) is 0 Å². The van der Waals surface area contributed by atoms with E-state index in [2.05, 4.69) is 87.5 Å². The number of alkyl halides is 7. The molecular formula is C31H36Cl7N3. The molecule has 0 spiro atoms. The fourth-order valence-electron chi connectivity index (χ4n) is 4.93. The molecule has 0 fully saturated rings. The van der Waals surface area contributed by atoms with Gasteiger partial charge in [-0.1, -0.05) is 36.4 Å². The van der Waals surface area contributed by atoms with Gasteiger partial charge >= 0.3 is 0 Å². The number of nitrogens with zero attached hydrogens (tertiary/aromatic N) is 3. The molecule has 0 aliphatic carbocycles. The van der Waals surface area contributed by atoms with E-state index in [0.717, 1.165) is 33.8 Å². The van der Waals surface area contributed by atoms with Gasteiger partial charge in [0.2, 0.25) is 0 Å². The van der Waals surface area contributed by atoms with Crippen molar-refractivity contribution >= 4 is 98.3 Å². The fourth-order valence-corrected chi connectivity index (χ4v) is 6.53. The van der Waals surface area contributed by atoms with Crippen molar-refractivity contribution in [3.8, 4) is 0 Å². The monoisotopic (exact) mass is 695 g/mol. The standard InChI is InChI=1S/C31H36Cl7N3/c32-13-19-39(20-14-33)28-7-1-25(2-8-28)31(38,26-3-9-29(10-4-26)40(21-15-34)22-16-35)27-5-11-30(12-6-27)41(23-17-36)24-18-37/h1-12H,13-24H2. The van der Waals surface area contributed by atoms with Crippen molar-refractivity contribution in [2.45, 2.75) is 4.87 Å². The summed E-state index contributed by atoms with van der Waals surface area (Å²) >= 11 is 44.0. The third kappa shape index (κ3) is 9.05. The molecular weight excluding hydrogens is 663 g/mol. The molecule has 0 heterocycles. The maximum Gasteiger partial charge on any atom is 0.119 e. The molecule has 224 valence electrons. The van der Waals surface area contributed by atoms with Gasteiger partial charge in [-0.25, -0.2) is 0 Å². The Balaban J connectivity index is 2.07. The third-order valence-electron chi connectivity index (χ3n) is 7.02. The molecule has 0 saturated heterocycles. The van der Waals surface area contributed by atoms with Gasteiger partial charge in [0.1, 0.15) is 4.87 Å². The van der Waals surface area contributed by atoms with Crippen LogP contribution in [0.4, 0.5) is 17.1 Å². The lowest BCUT2D eigenvalue weighted by molar-refractivity contribution is 0.851. The Labute approximate surface area is 280 Å². The summed E-state index contributed by atoms with van der Waals surface area (Å²) in [6.45, 7) is 4.28. The first-order valence-corrected chi connectivity index (χ1v) is 17.2. The lowest BCUT2D eigenvalue weighted by Crippen LogP contribution is -2.29. The van der Waals surface area contributed by atoms with Crippen LogP contribution in [0.2, 0.25) is 0 Å². The Hall–Kier alpha value is -0.910. The van der Waals surface area contributed by atoms with Crippen molar-refractivity contribution in [1.82, 2.24) is 0 Å². The molecule has 0 amide bonds. The van der Waals surface area contributed by atoms with Gasteiger partial charge in [-0.05, 0) is 53.1 Å². The largest absolute Gasteiger partial charge is 0.369 e. The van der Waals surface area contributed by atoms with Gasteiger partial charge in [0.05, 0.1) is 0 Å². The highest BCUT2D eigenvalue weighted by molar-refractivity contribution is 6.28. The minimum atomic E-state index is -0.938. The number of anilines is 3. The van der Waals surface area contributed by atoms with Gasteiger partial charge in [0, 0.05) is 91.6 Å². The van der Waals surface area contributed by atoms with Crippen molar-refractivity contribution in [1.29, 1.82) is 0 Å². The molecule has 0 unspecified atom stereocenters. The maximum atomic E-state index is 7.71. The molecule has 3 aromatic carbocycles. The summed E-state index contributed by atoms with van der Waals surface area (Å²) in [5.74, 6) is 3.12.